The third-order valence-electron chi connectivity index (χ3n) is 1.29. The summed E-state index contributed by atoms with van der Waals surface area (Å²) in [4.78, 5) is 0. The van der Waals surface area contributed by atoms with E-state index >= 15 is 0 Å². The minimum atomic E-state index is 0.257. The van der Waals surface area contributed by atoms with Gasteiger partial charge in [-0.3, -0.25) is 0 Å². The average Bonchev–Trinajstić information content (AvgIpc) is 1.97. The lowest BCUT2D eigenvalue weighted by Gasteiger charge is -1.90. The number of hydrogen-bond donors (Lipinski definition) is 2. The summed E-state index contributed by atoms with van der Waals surface area (Å²) >= 11 is 0. The molecule has 0 aliphatic rings. The average molecular weight is 143 g/mol. The lowest BCUT2D eigenvalue weighted by atomic mass is 10.2. The highest BCUT2D eigenvalue weighted by atomic mass is 16.2. The Bertz CT molecular complexity index is 81.3. The fourth-order valence-electron chi connectivity index (χ4n) is 0.717. The quantitative estimate of drug-likeness (QED) is 0.431. The lowest BCUT2D eigenvalue weighted by molar-refractivity contribution is 0.302. The summed E-state index contributed by atoms with van der Waals surface area (Å²) in [5, 5.41) is 8.40. The molecule has 0 spiro atoms. The van der Waals surface area contributed by atoms with Gasteiger partial charge in [-0.1, -0.05) is 12.2 Å². The number of aliphatic hydroxyl groups excluding tert-OH is 1. The lowest BCUT2D eigenvalue weighted by Crippen LogP contribution is -1.96. The van der Waals surface area contributed by atoms with E-state index in [-0.39, 0.29) is 6.61 Å². The molecule has 2 heteroatoms. The van der Waals surface area contributed by atoms with E-state index < -0.39 is 0 Å². The zero-order chi connectivity index (χ0) is 7.66. The van der Waals surface area contributed by atoms with E-state index in [1.54, 1.807) is 0 Å². The molecular formula is C8H17NO. The third-order valence-corrected chi connectivity index (χ3v) is 1.29. The van der Waals surface area contributed by atoms with Crippen molar-refractivity contribution in [3.8, 4) is 0 Å². The Balaban J connectivity index is 2.88. The summed E-state index contributed by atoms with van der Waals surface area (Å²) in [5.41, 5.74) is 5.31. The molecule has 0 saturated heterocycles. The summed E-state index contributed by atoms with van der Waals surface area (Å²) < 4.78 is 0. The van der Waals surface area contributed by atoms with Crippen LogP contribution in [0.5, 0.6) is 0 Å². The van der Waals surface area contributed by atoms with E-state index in [1.165, 1.54) is 6.42 Å². The summed E-state index contributed by atoms with van der Waals surface area (Å²) in [7, 11) is 0. The van der Waals surface area contributed by atoms with Crippen LogP contribution >= 0.6 is 0 Å². The van der Waals surface area contributed by atoms with Gasteiger partial charge in [-0.15, -0.1) is 0 Å². The van der Waals surface area contributed by atoms with Gasteiger partial charge in [-0.25, -0.2) is 0 Å². The van der Waals surface area contributed by atoms with E-state index in [1.807, 2.05) is 6.08 Å². The summed E-state index contributed by atoms with van der Waals surface area (Å²) in [6.07, 6.45) is 8.25. The van der Waals surface area contributed by atoms with Gasteiger partial charge in [0.1, 0.15) is 0 Å². The van der Waals surface area contributed by atoms with Crippen LogP contribution in [-0.4, -0.2) is 18.3 Å². The van der Waals surface area contributed by atoms with Gasteiger partial charge >= 0.3 is 0 Å². The van der Waals surface area contributed by atoms with Gasteiger partial charge < -0.3 is 10.8 Å². The van der Waals surface area contributed by atoms with Gasteiger partial charge in [0, 0.05) is 6.61 Å². The van der Waals surface area contributed by atoms with Crippen LogP contribution in [-0.2, 0) is 0 Å². The molecule has 0 heterocycles. The number of rotatable bonds is 6. The number of hydrogen-bond acceptors (Lipinski definition) is 2. The first kappa shape index (κ1) is 9.66. The Labute approximate surface area is 62.7 Å². The molecule has 0 aliphatic heterocycles. The number of unbranched alkanes of at least 4 members (excludes halogenated alkanes) is 2. The second-order valence-electron chi connectivity index (χ2n) is 2.27. The number of aliphatic hydroxyl groups is 1. The van der Waals surface area contributed by atoms with Crippen molar-refractivity contribution >= 4 is 0 Å². The Hall–Kier alpha value is -0.340. The van der Waals surface area contributed by atoms with Gasteiger partial charge in [-0.05, 0) is 32.2 Å². The molecule has 10 heavy (non-hydrogen) atoms. The molecule has 0 amide bonds. The molecule has 0 rings (SSSR count). The molecule has 0 saturated carbocycles. The first-order valence-corrected chi connectivity index (χ1v) is 3.87. The molecule has 0 fully saturated rings. The monoisotopic (exact) mass is 143 g/mol. The Kier molecular flexibility index (Phi) is 8.37. The van der Waals surface area contributed by atoms with Crippen LogP contribution in [0, 0.1) is 0 Å². The van der Waals surface area contributed by atoms with E-state index in [2.05, 4.69) is 6.08 Å². The van der Waals surface area contributed by atoms with Crippen molar-refractivity contribution in [3.05, 3.63) is 12.2 Å². The summed E-state index contributed by atoms with van der Waals surface area (Å²) in [5.74, 6) is 0. The zero-order valence-corrected chi connectivity index (χ0v) is 6.42. The Morgan fingerprint density at radius 1 is 1.10 bits per heavy atom. The smallest absolute Gasteiger partial charge is 0.0465 e. The number of nitrogens with two attached hydrogens (primary N) is 1. The highest BCUT2D eigenvalue weighted by Crippen LogP contribution is 1.95. The summed E-state index contributed by atoms with van der Waals surface area (Å²) in [6, 6.07) is 0. The van der Waals surface area contributed by atoms with Gasteiger partial charge in [0.25, 0.3) is 0 Å². The molecule has 2 nitrogen and oxygen atoms in total. The molecule has 60 valence electrons. The van der Waals surface area contributed by atoms with Crippen LogP contribution in [0.15, 0.2) is 12.2 Å². The summed E-state index contributed by atoms with van der Waals surface area (Å²) in [6.45, 7) is 1.04. The normalized spacial score (nSPS) is 11.0. The maximum absolute atomic E-state index is 8.40. The largest absolute Gasteiger partial charge is 0.396 e. The van der Waals surface area contributed by atoms with Crippen molar-refractivity contribution in [2.75, 3.05) is 13.2 Å². The second kappa shape index (κ2) is 8.66. The fraction of sp³-hybridized carbons (Fsp3) is 0.750. The van der Waals surface area contributed by atoms with E-state index in [0.717, 1.165) is 25.8 Å². The first-order chi connectivity index (χ1) is 4.91. The van der Waals surface area contributed by atoms with Crippen molar-refractivity contribution in [2.24, 2.45) is 5.73 Å². The third kappa shape index (κ3) is 7.66. The van der Waals surface area contributed by atoms with Gasteiger partial charge in [0.05, 0.1) is 0 Å². The van der Waals surface area contributed by atoms with Crippen LogP contribution in [0.3, 0.4) is 0 Å². The molecule has 0 radical (unpaired) electrons. The van der Waals surface area contributed by atoms with Crippen LogP contribution in [0.1, 0.15) is 25.7 Å². The van der Waals surface area contributed by atoms with Crippen molar-refractivity contribution in [1.82, 2.24) is 0 Å². The molecule has 0 atom stereocenters. The SMILES string of the molecule is NCCCC/C=C\CCO. The minimum Gasteiger partial charge on any atom is -0.396 e. The topological polar surface area (TPSA) is 46.2 Å². The van der Waals surface area contributed by atoms with E-state index in [4.69, 9.17) is 10.8 Å². The van der Waals surface area contributed by atoms with E-state index in [0.29, 0.717) is 0 Å². The second-order valence-corrected chi connectivity index (χ2v) is 2.27. The Morgan fingerprint density at radius 2 is 1.80 bits per heavy atom. The standard InChI is InChI=1S/C8H17NO/c9-7-5-3-1-2-4-6-8-10/h2,4,10H,1,3,5-9H2/b4-2-. The fourth-order valence-corrected chi connectivity index (χ4v) is 0.717. The molecular weight excluding hydrogens is 126 g/mol. The van der Waals surface area contributed by atoms with Crippen LogP contribution < -0.4 is 5.73 Å². The van der Waals surface area contributed by atoms with Crippen molar-refractivity contribution < 1.29 is 5.11 Å². The maximum atomic E-state index is 8.40. The predicted molar refractivity (Wildman–Crippen MR) is 43.7 cm³/mol. The first-order valence-electron chi connectivity index (χ1n) is 3.87. The number of allylic oxidation sites excluding steroid dienone is 1. The van der Waals surface area contributed by atoms with Gasteiger partial charge in [-0.2, -0.15) is 0 Å². The predicted octanol–water partition coefficient (Wildman–Crippen LogP) is 1.05. The molecule has 3 N–H and O–H groups in total. The molecule has 0 aromatic carbocycles. The van der Waals surface area contributed by atoms with Gasteiger partial charge in [0.15, 0.2) is 0 Å². The van der Waals surface area contributed by atoms with Crippen LogP contribution in [0.4, 0.5) is 0 Å². The highest BCUT2D eigenvalue weighted by Gasteiger charge is 1.80. The van der Waals surface area contributed by atoms with E-state index in [9.17, 15) is 0 Å². The Morgan fingerprint density at radius 3 is 2.40 bits per heavy atom. The molecule has 0 bridgehead atoms. The minimum absolute atomic E-state index is 0.257. The molecule has 0 aliphatic carbocycles. The van der Waals surface area contributed by atoms with Crippen LogP contribution in [0.25, 0.3) is 0 Å². The molecule has 0 aromatic rings. The molecule has 0 aromatic heterocycles. The zero-order valence-electron chi connectivity index (χ0n) is 6.42. The maximum Gasteiger partial charge on any atom is 0.0465 e. The van der Waals surface area contributed by atoms with Gasteiger partial charge in [0.2, 0.25) is 0 Å². The van der Waals surface area contributed by atoms with Crippen molar-refractivity contribution in [2.45, 2.75) is 25.7 Å². The molecule has 0 unspecified atom stereocenters. The highest BCUT2D eigenvalue weighted by molar-refractivity contribution is 4.80. The van der Waals surface area contributed by atoms with Crippen LogP contribution in [0.2, 0.25) is 0 Å². The van der Waals surface area contributed by atoms with Crippen molar-refractivity contribution in [3.63, 3.8) is 0 Å². The van der Waals surface area contributed by atoms with Crippen molar-refractivity contribution in [1.29, 1.82) is 0 Å².